The van der Waals surface area contributed by atoms with Crippen LogP contribution in [0.5, 0.6) is 0 Å². The van der Waals surface area contributed by atoms with Gasteiger partial charge in [-0.3, -0.25) is 0 Å². The molecule has 2 fully saturated rings. The molecule has 0 aromatic heterocycles. The van der Waals surface area contributed by atoms with Gasteiger partial charge in [0.1, 0.15) is 0 Å². The number of benzene rings is 1. The lowest BCUT2D eigenvalue weighted by Crippen LogP contribution is -2.55. The predicted molar refractivity (Wildman–Crippen MR) is 73.5 cm³/mol. The minimum Gasteiger partial charge on any atom is -0.385 e. The second-order valence-electron chi connectivity index (χ2n) is 6.04. The molecule has 2 bridgehead atoms. The molecule has 100 valence electrons. The first-order valence-corrected chi connectivity index (χ1v) is 7.07. The molecule has 1 N–H and O–H groups in total. The van der Waals surface area contributed by atoms with E-state index in [9.17, 15) is 5.11 Å². The van der Waals surface area contributed by atoms with E-state index in [0.717, 1.165) is 18.4 Å². The summed E-state index contributed by atoms with van der Waals surface area (Å²) >= 11 is 0. The van der Waals surface area contributed by atoms with Gasteiger partial charge < -0.3 is 10.0 Å². The van der Waals surface area contributed by atoms with Crippen LogP contribution in [0.25, 0.3) is 0 Å². The van der Waals surface area contributed by atoms with E-state index in [1.807, 2.05) is 18.2 Å². The van der Waals surface area contributed by atoms with Crippen molar-refractivity contribution in [2.45, 2.75) is 49.8 Å². The SMILES string of the molecule is CN1C2CCCC1CC(O)(c1cccc(C#N)c1)C2. The Morgan fingerprint density at radius 1 is 1.32 bits per heavy atom. The highest BCUT2D eigenvalue weighted by Crippen LogP contribution is 2.43. The van der Waals surface area contributed by atoms with Crippen molar-refractivity contribution in [3.63, 3.8) is 0 Å². The summed E-state index contributed by atoms with van der Waals surface area (Å²) in [6.45, 7) is 0. The van der Waals surface area contributed by atoms with Gasteiger partial charge >= 0.3 is 0 Å². The van der Waals surface area contributed by atoms with Crippen LogP contribution >= 0.6 is 0 Å². The quantitative estimate of drug-likeness (QED) is 0.839. The zero-order valence-electron chi connectivity index (χ0n) is 11.3. The average molecular weight is 256 g/mol. The highest BCUT2D eigenvalue weighted by Gasteiger charge is 2.44. The van der Waals surface area contributed by atoms with E-state index in [1.165, 1.54) is 19.3 Å². The number of nitrogens with zero attached hydrogens (tertiary/aromatic N) is 2. The van der Waals surface area contributed by atoms with Gasteiger partial charge in [-0.25, -0.2) is 0 Å². The van der Waals surface area contributed by atoms with E-state index >= 15 is 0 Å². The third-order valence-corrected chi connectivity index (χ3v) is 4.90. The second kappa shape index (κ2) is 4.63. The number of rotatable bonds is 1. The van der Waals surface area contributed by atoms with Crippen LogP contribution in [0.4, 0.5) is 0 Å². The van der Waals surface area contributed by atoms with Crippen molar-refractivity contribution in [3.05, 3.63) is 35.4 Å². The van der Waals surface area contributed by atoms with Gasteiger partial charge in [-0.15, -0.1) is 0 Å². The van der Waals surface area contributed by atoms with Crippen molar-refractivity contribution in [1.82, 2.24) is 4.90 Å². The maximum Gasteiger partial charge on any atom is 0.0991 e. The van der Waals surface area contributed by atoms with Gasteiger partial charge in [0, 0.05) is 12.1 Å². The Morgan fingerprint density at radius 2 is 2.00 bits per heavy atom. The molecule has 2 heterocycles. The molecule has 3 nitrogen and oxygen atoms in total. The first-order chi connectivity index (χ1) is 9.12. The summed E-state index contributed by atoms with van der Waals surface area (Å²) in [6, 6.07) is 10.6. The normalized spacial score (nSPS) is 34.8. The van der Waals surface area contributed by atoms with Crippen molar-refractivity contribution in [1.29, 1.82) is 5.26 Å². The number of piperidine rings is 2. The van der Waals surface area contributed by atoms with E-state index in [1.54, 1.807) is 6.07 Å². The standard InChI is InChI=1S/C16H20N2O/c1-18-14-6-3-7-15(18)10-16(19,9-14)13-5-2-4-12(8-13)11-17/h2,4-5,8,14-15,19H,3,6-7,9-10H2,1H3. The summed E-state index contributed by atoms with van der Waals surface area (Å²) in [5.74, 6) is 0. The van der Waals surface area contributed by atoms with Crippen LogP contribution in [0.1, 0.15) is 43.2 Å². The molecule has 1 aromatic carbocycles. The second-order valence-corrected chi connectivity index (χ2v) is 6.04. The topological polar surface area (TPSA) is 47.3 Å². The third-order valence-electron chi connectivity index (χ3n) is 4.90. The lowest BCUT2D eigenvalue weighted by atomic mass is 9.72. The molecule has 0 aliphatic carbocycles. The third kappa shape index (κ3) is 2.16. The molecule has 2 aliphatic heterocycles. The molecule has 2 aliphatic rings. The van der Waals surface area contributed by atoms with Gasteiger partial charge in [-0.2, -0.15) is 5.26 Å². The number of aliphatic hydroxyl groups is 1. The molecule has 3 rings (SSSR count). The molecule has 0 radical (unpaired) electrons. The maximum absolute atomic E-state index is 11.1. The van der Waals surface area contributed by atoms with E-state index < -0.39 is 5.60 Å². The van der Waals surface area contributed by atoms with E-state index in [0.29, 0.717) is 17.6 Å². The molecule has 19 heavy (non-hydrogen) atoms. The lowest BCUT2D eigenvalue weighted by molar-refractivity contribution is -0.0874. The van der Waals surface area contributed by atoms with Gasteiger partial charge in [-0.1, -0.05) is 18.6 Å². The van der Waals surface area contributed by atoms with E-state index in [4.69, 9.17) is 5.26 Å². The molecule has 1 aromatic rings. The van der Waals surface area contributed by atoms with Crippen LogP contribution in [-0.4, -0.2) is 29.1 Å². The summed E-state index contributed by atoms with van der Waals surface area (Å²) in [5.41, 5.74) is 0.793. The van der Waals surface area contributed by atoms with Gasteiger partial charge in [0.15, 0.2) is 0 Å². The molecule has 2 atom stereocenters. The fourth-order valence-corrected chi connectivity index (χ4v) is 3.76. The molecule has 0 amide bonds. The Balaban J connectivity index is 1.93. The van der Waals surface area contributed by atoms with Crippen molar-refractivity contribution in [2.24, 2.45) is 0 Å². The maximum atomic E-state index is 11.1. The number of nitriles is 1. The minimum absolute atomic E-state index is 0.475. The summed E-state index contributed by atoms with van der Waals surface area (Å²) in [5, 5.41) is 20.1. The van der Waals surface area contributed by atoms with Crippen LogP contribution in [0.15, 0.2) is 24.3 Å². The summed E-state index contributed by atoms with van der Waals surface area (Å²) in [7, 11) is 2.18. The molecule has 2 unspecified atom stereocenters. The average Bonchev–Trinajstić information content (AvgIpc) is 2.41. The Morgan fingerprint density at radius 3 is 2.63 bits per heavy atom. The van der Waals surface area contributed by atoms with Gasteiger partial charge in [0.2, 0.25) is 0 Å². The largest absolute Gasteiger partial charge is 0.385 e. The fourth-order valence-electron chi connectivity index (χ4n) is 3.76. The lowest BCUT2D eigenvalue weighted by Gasteiger charge is -2.50. The van der Waals surface area contributed by atoms with E-state index in [-0.39, 0.29) is 0 Å². The Hall–Kier alpha value is -1.37. The molecular formula is C16H20N2O. The number of hydrogen-bond acceptors (Lipinski definition) is 3. The number of hydrogen-bond donors (Lipinski definition) is 1. The number of fused-ring (bicyclic) bond motifs is 2. The Labute approximate surface area is 114 Å². The van der Waals surface area contributed by atoms with Crippen LogP contribution in [0.3, 0.4) is 0 Å². The van der Waals surface area contributed by atoms with Crippen LogP contribution in [0, 0.1) is 11.3 Å². The van der Waals surface area contributed by atoms with Gasteiger partial charge in [0.25, 0.3) is 0 Å². The van der Waals surface area contributed by atoms with Gasteiger partial charge in [-0.05, 0) is 50.4 Å². The van der Waals surface area contributed by atoms with Crippen LogP contribution in [-0.2, 0) is 5.60 Å². The highest BCUT2D eigenvalue weighted by atomic mass is 16.3. The minimum atomic E-state index is -0.755. The first kappa shape index (κ1) is 12.7. The molecule has 2 saturated heterocycles. The Bertz CT molecular complexity index is 506. The summed E-state index contributed by atoms with van der Waals surface area (Å²) in [4.78, 5) is 2.44. The van der Waals surface area contributed by atoms with Crippen molar-refractivity contribution in [3.8, 4) is 6.07 Å². The monoisotopic (exact) mass is 256 g/mol. The summed E-state index contributed by atoms with van der Waals surface area (Å²) < 4.78 is 0. The van der Waals surface area contributed by atoms with Crippen LogP contribution in [0.2, 0.25) is 0 Å². The Kier molecular flexibility index (Phi) is 3.08. The van der Waals surface area contributed by atoms with Crippen molar-refractivity contribution >= 4 is 0 Å². The van der Waals surface area contributed by atoms with Crippen molar-refractivity contribution < 1.29 is 5.11 Å². The molecule has 3 heteroatoms. The van der Waals surface area contributed by atoms with E-state index in [2.05, 4.69) is 18.0 Å². The highest BCUT2D eigenvalue weighted by molar-refractivity contribution is 5.36. The molecule has 0 spiro atoms. The molecule has 0 saturated carbocycles. The zero-order chi connectivity index (χ0) is 13.5. The van der Waals surface area contributed by atoms with Crippen molar-refractivity contribution in [2.75, 3.05) is 7.05 Å². The predicted octanol–water partition coefficient (Wildman–Crippen LogP) is 2.39. The first-order valence-electron chi connectivity index (χ1n) is 7.07. The fraction of sp³-hybridized carbons (Fsp3) is 0.562. The van der Waals surface area contributed by atoms with Crippen LogP contribution < -0.4 is 0 Å². The smallest absolute Gasteiger partial charge is 0.0991 e. The zero-order valence-corrected chi connectivity index (χ0v) is 11.3. The summed E-state index contributed by atoms with van der Waals surface area (Å²) in [6.07, 6.45) is 5.19. The molecular weight excluding hydrogens is 236 g/mol. The van der Waals surface area contributed by atoms with Gasteiger partial charge in [0.05, 0.1) is 17.2 Å².